The Bertz CT molecular complexity index is 241. The number of carbonyl (C=O) groups is 1. The molecule has 54 valence electrons. The van der Waals surface area contributed by atoms with Crippen LogP contribution in [0.2, 0.25) is 0 Å². The van der Waals surface area contributed by atoms with E-state index >= 15 is 0 Å². The van der Waals surface area contributed by atoms with Crippen LogP contribution in [0, 0.1) is 0 Å². The van der Waals surface area contributed by atoms with Crippen molar-refractivity contribution in [3.8, 4) is 0 Å². The molecule has 1 aromatic rings. The fourth-order valence-corrected chi connectivity index (χ4v) is 0.595. The summed E-state index contributed by atoms with van der Waals surface area (Å²) < 4.78 is 4.77. The first-order chi connectivity index (χ1) is 4.74. The van der Waals surface area contributed by atoms with Crippen LogP contribution >= 0.6 is 0 Å². The summed E-state index contributed by atoms with van der Waals surface area (Å²) in [6, 6.07) is 2.92. The highest BCUT2D eigenvalue weighted by molar-refractivity contribution is 5.89. The van der Waals surface area contributed by atoms with Gasteiger partial charge in [-0.1, -0.05) is 0 Å². The minimum atomic E-state index is -0.625. The molecule has 1 amide bonds. The van der Waals surface area contributed by atoms with Gasteiger partial charge in [-0.25, -0.2) is 0 Å². The molecule has 0 aliphatic heterocycles. The van der Waals surface area contributed by atoms with Gasteiger partial charge in [-0.2, -0.15) is 0 Å². The Morgan fingerprint density at radius 2 is 2.40 bits per heavy atom. The van der Waals surface area contributed by atoms with E-state index in [4.69, 9.17) is 15.3 Å². The van der Waals surface area contributed by atoms with Gasteiger partial charge in [-0.3, -0.25) is 4.79 Å². The van der Waals surface area contributed by atoms with Crippen molar-refractivity contribution in [2.24, 2.45) is 5.73 Å². The molecule has 0 radical (unpaired) electrons. The van der Waals surface area contributed by atoms with Crippen LogP contribution in [0.15, 0.2) is 16.5 Å². The van der Waals surface area contributed by atoms with Crippen LogP contribution in [0.5, 0.6) is 0 Å². The standard InChI is InChI=1S/C6H7NO3/c7-6(9)5-2-1-4(3-8)10-5/h1-2,8H,3H2,(H2,7,9). The van der Waals surface area contributed by atoms with Gasteiger partial charge in [0, 0.05) is 0 Å². The van der Waals surface area contributed by atoms with Crippen LogP contribution in [-0.4, -0.2) is 11.0 Å². The molecule has 0 aliphatic carbocycles. The molecule has 4 nitrogen and oxygen atoms in total. The Balaban J connectivity index is 2.88. The van der Waals surface area contributed by atoms with Crippen LogP contribution in [0.25, 0.3) is 0 Å². The van der Waals surface area contributed by atoms with Gasteiger partial charge >= 0.3 is 0 Å². The van der Waals surface area contributed by atoms with E-state index in [9.17, 15) is 4.79 Å². The predicted molar refractivity (Wildman–Crippen MR) is 33.1 cm³/mol. The van der Waals surface area contributed by atoms with Gasteiger partial charge in [0.1, 0.15) is 12.4 Å². The number of aliphatic hydroxyl groups excluding tert-OH is 1. The van der Waals surface area contributed by atoms with Crippen LogP contribution in [0.4, 0.5) is 0 Å². The van der Waals surface area contributed by atoms with Gasteiger partial charge in [0.25, 0.3) is 5.91 Å². The molecule has 0 fully saturated rings. The minimum absolute atomic E-state index is 0.0732. The molecule has 1 rings (SSSR count). The van der Waals surface area contributed by atoms with E-state index in [0.29, 0.717) is 5.76 Å². The number of carbonyl (C=O) groups excluding carboxylic acids is 1. The molecule has 0 atom stereocenters. The fraction of sp³-hybridized carbons (Fsp3) is 0.167. The van der Waals surface area contributed by atoms with Gasteiger partial charge in [-0.15, -0.1) is 0 Å². The van der Waals surface area contributed by atoms with Crippen molar-refractivity contribution in [2.45, 2.75) is 6.61 Å². The topological polar surface area (TPSA) is 76.5 Å². The third-order valence-corrected chi connectivity index (χ3v) is 1.06. The molecular formula is C6H7NO3. The minimum Gasteiger partial charge on any atom is -0.453 e. The van der Waals surface area contributed by atoms with Gasteiger partial charge in [-0.05, 0) is 12.1 Å². The largest absolute Gasteiger partial charge is 0.453 e. The lowest BCUT2D eigenvalue weighted by atomic mass is 10.4. The van der Waals surface area contributed by atoms with Crippen LogP contribution in [0.3, 0.4) is 0 Å². The Morgan fingerprint density at radius 3 is 2.70 bits per heavy atom. The summed E-state index contributed by atoms with van der Waals surface area (Å²) in [4.78, 5) is 10.4. The number of hydrogen-bond donors (Lipinski definition) is 2. The van der Waals surface area contributed by atoms with E-state index in [1.807, 2.05) is 0 Å². The highest BCUT2D eigenvalue weighted by Crippen LogP contribution is 2.05. The second-order valence-corrected chi connectivity index (χ2v) is 1.79. The predicted octanol–water partition coefficient (Wildman–Crippen LogP) is -0.129. The third kappa shape index (κ3) is 1.16. The first kappa shape index (κ1) is 6.82. The Morgan fingerprint density at radius 1 is 1.70 bits per heavy atom. The van der Waals surface area contributed by atoms with E-state index in [-0.39, 0.29) is 12.4 Å². The van der Waals surface area contributed by atoms with Crippen LogP contribution in [-0.2, 0) is 6.61 Å². The molecule has 0 spiro atoms. The number of rotatable bonds is 2. The molecule has 4 heteroatoms. The zero-order chi connectivity index (χ0) is 7.56. The summed E-state index contributed by atoms with van der Waals surface area (Å²) in [5.41, 5.74) is 4.87. The first-order valence-electron chi connectivity index (χ1n) is 2.73. The van der Waals surface area contributed by atoms with Gasteiger partial charge in [0.05, 0.1) is 0 Å². The molecule has 0 unspecified atom stereocenters. The maximum atomic E-state index is 10.4. The summed E-state index contributed by atoms with van der Waals surface area (Å²) in [5, 5.41) is 8.49. The summed E-state index contributed by atoms with van der Waals surface area (Å²) in [7, 11) is 0. The second kappa shape index (κ2) is 2.53. The van der Waals surface area contributed by atoms with Crippen molar-refractivity contribution in [1.29, 1.82) is 0 Å². The molecule has 0 bridgehead atoms. The lowest BCUT2D eigenvalue weighted by Gasteiger charge is -1.86. The van der Waals surface area contributed by atoms with Gasteiger partial charge in [0.15, 0.2) is 5.76 Å². The number of primary amides is 1. The Kier molecular flexibility index (Phi) is 1.73. The Hall–Kier alpha value is -1.29. The highest BCUT2D eigenvalue weighted by Gasteiger charge is 2.04. The molecule has 0 saturated heterocycles. The second-order valence-electron chi connectivity index (χ2n) is 1.79. The quantitative estimate of drug-likeness (QED) is 0.602. The van der Waals surface area contributed by atoms with Crippen molar-refractivity contribution in [2.75, 3.05) is 0 Å². The molecule has 3 N–H and O–H groups in total. The molecule has 0 saturated carbocycles. The van der Waals surface area contributed by atoms with E-state index < -0.39 is 5.91 Å². The molecule has 10 heavy (non-hydrogen) atoms. The van der Waals surface area contributed by atoms with Gasteiger partial charge < -0.3 is 15.3 Å². The van der Waals surface area contributed by atoms with Crippen LogP contribution in [0.1, 0.15) is 16.3 Å². The maximum absolute atomic E-state index is 10.4. The summed E-state index contributed by atoms with van der Waals surface area (Å²) in [6.07, 6.45) is 0. The zero-order valence-electron chi connectivity index (χ0n) is 5.20. The van der Waals surface area contributed by atoms with E-state index in [1.165, 1.54) is 12.1 Å². The first-order valence-corrected chi connectivity index (χ1v) is 2.73. The third-order valence-electron chi connectivity index (χ3n) is 1.06. The average molecular weight is 141 g/mol. The number of aliphatic hydroxyl groups is 1. The fourth-order valence-electron chi connectivity index (χ4n) is 0.595. The molecule has 0 aromatic carbocycles. The molecule has 0 aliphatic rings. The average Bonchev–Trinajstić information content (AvgIpc) is 2.34. The smallest absolute Gasteiger partial charge is 0.284 e. The van der Waals surface area contributed by atoms with Crippen molar-refractivity contribution >= 4 is 5.91 Å². The normalized spacial score (nSPS) is 9.70. The summed E-state index contributed by atoms with van der Waals surface area (Å²) in [5.74, 6) is -0.211. The SMILES string of the molecule is NC(=O)c1ccc(CO)o1. The van der Waals surface area contributed by atoms with Gasteiger partial charge in [0.2, 0.25) is 0 Å². The lowest BCUT2D eigenvalue weighted by molar-refractivity contribution is 0.0969. The van der Waals surface area contributed by atoms with Crippen molar-refractivity contribution < 1.29 is 14.3 Å². The van der Waals surface area contributed by atoms with Crippen molar-refractivity contribution in [3.63, 3.8) is 0 Å². The Labute approximate surface area is 57.3 Å². The van der Waals surface area contributed by atoms with Crippen molar-refractivity contribution in [1.82, 2.24) is 0 Å². The number of amides is 1. The maximum Gasteiger partial charge on any atom is 0.284 e. The van der Waals surface area contributed by atoms with E-state index in [0.717, 1.165) is 0 Å². The van der Waals surface area contributed by atoms with E-state index in [1.54, 1.807) is 0 Å². The lowest BCUT2D eigenvalue weighted by Crippen LogP contribution is -2.09. The summed E-state index contributed by atoms with van der Waals surface area (Å²) in [6.45, 7) is -0.215. The van der Waals surface area contributed by atoms with E-state index in [2.05, 4.69) is 0 Å². The number of furan rings is 1. The highest BCUT2D eigenvalue weighted by atomic mass is 16.4. The molecular weight excluding hydrogens is 134 g/mol. The van der Waals surface area contributed by atoms with Crippen LogP contribution < -0.4 is 5.73 Å². The van der Waals surface area contributed by atoms with Crippen molar-refractivity contribution in [3.05, 3.63) is 23.7 Å². The zero-order valence-corrected chi connectivity index (χ0v) is 5.20. The molecule has 1 heterocycles. The summed E-state index contributed by atoms with van der Waals surface area (Å²) >= 11 is 0. The molecule has 1 aromatic heterocycles. The monoisotopic (exact) mass is 141 g/mol. The number of nitrogens with two attached hydrogens (primary N) is 1. The number of hydrogen-bond acceptors (Lipinski definition) is 3.